The molecule has 3 N–H and O–H groups in total. The second-order valence-electron chi connectivity index (χ2n) is 6.91. The average molecular weight is 268 g/mol. The van der Waals surface area contributed by atoms with Crippen molar-refractivity contribution in [1.82, 2.24) is 0 Å². The third-order valence-electron chi connectivity index (χ3n) is 5.75. The zero-order chi connectivity index (χ0) is 14.5. The highest BCUT2D eigenvalue weighted by molar-refractivity contribution is 5.86. The molecule has 0 aromatic carbocycles. The molecule has 1 spiro atoms. The van der Waals surface area contributed by atoms with Crippen LogP contribution >= 0.6 is 0 Å². The molecule has 2 aliphatic rings. The van der Waals surface area contributed by atoms with Crippen LogP contribution in [-0.4, -0.2) is 33.0 Å². The molecular weight excluding hydrogens is 244 g/mol. The Balaban J connectivity index is 2.42. The van der Waals surface area contributed by atoms with Gasteiger partial charge in [0.2, 0.25) is 0 Å². The topological polar surface area (TPSA) is 77.8 Å². The quantitative estimate of drug-likeness (QED) is 0.680. The summed E-state index contributed by atoms with van der Waals surface area (Å²) in [6.45, 7) is 5.94. The monoisotopic (exact) mass is 268 g/mol. The van der Waals surface area contributed by atoms with Crippen molar-refractivity contribution in [2.24, 2.45) is 10.8 Å². The smallest absolute Gasteiger partial charge is 0.331 e. The largest absolute Gasteiger partial charge is 0.478 e. The molecule has 1 fully saturated rings. The van der Waals surface area contributed by atoms with Gasteiger partial charge in [0.15, 0.2) is 0 Å². The molecule has 2 rings (SSSR count). The van der Waals surface area contributed by atoms with E-state index in [1.165, 1.54) is 0 Å². The van der Waals surface area contributed by atoms with E-state index in [4.69, 9.17) is 5.11 Å². The minimum Gasteiger partial charge on any atom is -0.478 e. The van der Waals surface area contributed by atoms with Crippen LogP contribution in [0.4, 0.5) is 0 Å². The molecule has 1 saturated carbocycles. The number of aliphatic carboxylic acids is 1. The van der Waals surface area contributed by atoms with E-state index < -0.39 is 23.1 Å². The number of aliphatic hydroxyl groups excluding tert-OH is 1. The lowest BCUT2D eigenvalue weighted by atomic mass is 9.46. The van der Waals surface area contributed by atoms with Crippen molar-refractivity contribution in [3.63, 3.8) is 0 Å². The van der Waals surface area contributed by atoms with Crippen molar-refractivity contribution in [2.75, 3.05) is 0 Å². The molecule has 0 aromatic rings. The lowest BCUT2D eigenvalue weighted by Crippen LogP contribution is -2.64. The van der Waals surface area contributed by atoms with E-state index in [-0.39, 0.29) is 5.41 Å². The van der Waals surface area contributed by atoms with Gasteiger partial charge >= 0.3 is 5.97 Å². The molecule has 2 aliphatic carbocycles. The highest BCUT2D eigenvalue weighted by Crippen LogP contribution is 2.61. The Morgan fingerprint density at radius 2 is 1.95 bits per heavy atom. The minimum atomic E-state index is -1.17. The highest BCUT2D eigenvalue weighted by Gasteiger charge is 2.61. The number of hydrogen-bond donors (Lipinski definition) is 3. The first kappa shape index (κ1) is 14.5. The number of carboxylic acids is 1. The standard InChI is InChI=1S/C15H24O4/c1-13(2)7-6-11(16)14(3,19)15(13)8-4-10(5-9-15)12(17)18/h4,11,16,19H,5-9H2,1-3H3,(H,17,18). The summed E-state index contributed by atoms with van der Waals surface area (Å²) in [6.07, 6.45) is 4.04. The average Bonchev–Trinajstić information content (AvgIpc) is 2.34. The summed E-state index contributed by atoms with van der Waals surface area (Å²) in [4.78, 5) is 11.0. The molecule has 108 valence electrons. The van der Waals surface area contributed by atoms with Gasteiger partial charge in [0.05, 0.1) is 11.7 Å². The molecule has 0 saturated heterocycles. The SMILES string of the molecule is CC1(C)CCC(O)C(C)(O)C12CC=C(C(=O)O)CC2. The fourth-order valence-corrected chi connectivity index (χ4v) is 4.14. The van der Waals surface area contributed by atoms with Gasteiger partial charge in [-0.15, -0.1) is 0 Å². The first-order valence-electron chi connectivity index (χ1n) is 6.97. The number of carboxylic acid groups (broad SMARTS) is 1. The molecule has 3 unspecified atom stereocenters. The van der Waals surface area contributed by atoms with Crippen LogP contribution < -0.4 is 0 Å². The molecule has 0 aromatic heterocycles. The van der Waals surface area contributed by atoms with Crippen LogP contribution in [0.1, 0.15) is 52.9 Å². The number of rotatable bonds is 1. The van der Waals surface area contributed by atoms with Gasteiger partial charge in [-0.3, -0.25) is 0 Å². The van der Waals surface area contributed by atoms with Gasteiger partial charge in [-0.05, 0) is 44.4 Å². The fourth-order valence-electron chi connectivity index (χ4n) is 4.14. The maximum atomic E-state index is 11.0. The lowest BCUT2D eigenvalue weighted by molar-refractivity contribution is -0.225. The Labute approximate surface area is 114 Å². The number of carbonyl (C=O) groups is 1. The number of aliphatic hydroxyl groups is 2. The zero-order valence-corrected chi connectivity index (χ0v) is 11.9. The van der Waals surface area contributed by atoms with Crippen molar-refractivity contribution >= 4 is 5.97 Å². The molecule has 0 bridgehead atoms. The van der Waals surface area contributed by atoms with Crippen LogP contribution in [0.2, 0.25) is 0 Å². The summed E-state index contributed by atoms with van der Waals surface area (Å²) >= 11 is 0. The van der Waals surface area contributed by atoms with Gasteiger partial charge in [-0.2, -0.15) is 0 Å². The van der Waals surface area contributed by atoms with Crippen molar-refractivity contribution in [3.05, 3.63) is 11.6 Å². The molecular formula is C15H24O4. The molecule has 4 nitrogen and oxygen atoms in total. The normalized spacial score (nSPS) is 41.9. The van der Waals surface area contributed by atoms with E-state index in [0.29, 0.717) is 31.3 Å². The molecule has 3 atom stereocenters. The lowest BCUT2D eigenvalue weighted by Gasteiger charge is -2.61. The maximum Gasteiger partial charge on any atom is 0.331 e. The Bertz CT molecular complexity index is 422. The summed E-state index contributed by atoms with van der Waals surface area (Å²) in [5, 5.41) is 30.1. The highest BCUT2D eigenvalue weighted by atomic mass is 16.4. The Hall–Kier alpha value is -0.870. The fraction of sp³-hybridized carbons (Fsp3) is 0.800. The van der Waals surface area contributed by atoms with Gasteiger partial charge in [0.1, 0.15) is 0 Å². The van der Waals surface area contributed by atoms with E-state index in [2.05, 4.69) is 13.8 Å². The Morgan fingerprint density at radius 1 is 1.32 bits per heavy atom. The molecule has 0 amide bonds. The van der Waals surface area contributed by atoms with Crippen LogP contribution in [0.3, 0.4) is 0 Å². The van der Waals surface area contributed by atoms with E-state index in [1.54, 1.807) is 13.0 Å². The van der Waals surface area contributed by atoms with Gasteiger partial charge < -0.3 is 15.3 Å². The molecule has 19 heavy (non-hydrogen) atoms. The first-order chi connectivity index (χ1) is 8.64. The van der Waals surface area contributed by atoms with E-state index in [1.807, 2.05) is 0 Å². The van der Waals surface area contributed by atoms with Crippen molar-refractivity contribution in [1.29, 1.82) is 0 Å². The number of hydrogen-bond acceptors (Lipinski definition) is 3. The Morgan fingerprint density at radius 3 is 2.42 bits per heavy atom. The summed E-state index contributed by atoms with van der Waals surface area (Å²) in [7, 11) is 0. The molecule has 0 radical (unpaired) electrons. The minimum absolute atomic E-state index is 0.115. The Kier molecular flexibility index (Phi) is 3.30. The number of allylic oxidation sites excluding steroid dienone is 1. The zero-order valence-electron chi connectivity index (χ0n) is 11.9. The summed E-state index contributed by atoms with van der Waals surface area (Å²) in [6, 6.07) is 0. The second kappa shape index (κ2) is 4.32. The van der Waals surface area contributed by atoms with Crippen LogP contribution in [0.5, 0.6) is 0 Å². The van der Waals surface area contributed by atoms with E-state index in [9.17, 15) is 15.0 Å². The van der Waals surface area contributed by atoms with Gasteiger partial charge in [-0.1, -0.05) is 19.9 Å². The predicted molar refractivity (Wildman–Crippen MR) is 71.6 cm³/mol. The van der Waals surface area contributed by atoms with Crippen LogP contribution in [0.25, 0.3) is 0 Å². The first-order valence-corrected chi connectivity index (χ1v) is 6.97. The summed E-state index contributed by atoms with van der Waals surface area (Å²) < 4.78 is 0. The summed E-state index contributed by atoms with van der Waals surface area (Å²) in [5.74, 6) is -0.872. The third kappa shape index (κ3) is 1.93. The van der Waals surface area contributed by atoms with Gasteiger partial charge in [-0.25, -0.2) is 4.79 Å². The van der Waals surface area contributed by atoms with Gasteiger partial charge in [0, 0.05) is 11.0 Å². The van der Waals surface area contributed by atoms with Crippen molar-refractivity contribution in [2.45, 2.75) is 64.6 Å². The second-order valence-corrected chi connectivity index (χ2v) is 6.91. The molecule has 0 heterocycles. The molecule has 0 aliphatic heterocycles. The summed E-state index contributed by atoms with van der Waals surface area (Å²) in [5.41, 5.74) is -1.31. The maximum absolute atomic E-state index is 11.0. The van der Waals surface area contributed by atoms with Gasteiger partial charge in [0.25, 0.3) is 0 Å². The van der Waals surface area contributed by atoms with Crippen LogP contribution in [0, 0.1) is 10.8 Å². The third-order valence-corrected chi connectivity index (χ3v) is 5.75. The van der Waals surface area contributed by atoms with Crippen LogP contribution in [0.15, 0.2) is 11.6 Å². The van der Waals surface area contributed by atoms with Crippen molar-refractivity contribution in [3.8, 4) is 0 Å². The van der Waals surface area contributed by atoms with Crippen molar-refractivity contribution < 1.29 is 20.1 Å². The van der Waals surface area contributed by atoms with E-state index in [0.717, 1.165) is 6.42 Å². The van der Waals surface area contributed by atoms with E-state index >= 15 is 0 Å². The molecule has 4 heteroatoms. The van der Waals surface area contributed by atoms with Crippen LogP contribution in [-0.2, 0) is 4.79 Å². The predicted octanol–water partition coefficient (Wildman–Crippen LogP) is 2.10.